The van der Waals surface area contributed by atoms with Gasteiger partial charge in [0, 0.05) is 4.47 Å². The van der Waals surface area contributed by atoms with Crippen LogP contribution in [0.2, 0.25) is 0 Å². The Morgan fingerprint density at radius 2 is 1.94 bits per heavy atom. The molecule has 0 saturated heterocycles. The van der Waals surface area contributed by atoms with Crippen LogP contribution in [0, 0.1) is 20.8 Å². The smallest absolute Gasteiger partial charge is 0.268 e. The second-order valence-corrected chi connectivity index (χ2v) is 5.92. The molecule has 0 radical (unpaired) electrons. The number of halogens is 1. The first-order valence-corrected chi connectivity index (χ1v) is 6.97. The van der Waals surface area contributed by atoms with Crippen molar-refractivity contribution in [3.05, 3.63) is 37.9 Å². The van der Waals surface area contributed by atoms with Crippen molar-refractivity contribution in [1.82, 2.24) is 9.97 Å². The standard InChI is InChI=1S/C12H12BrN3OS/c1-6-9(13)4-5-10(15-6)16-12(17)11-7(2)14-8(3)18-11/h4-5H,1-3H3,(H,15,16,17). The van der Waals surface area contributed by atoms with Crippen molar-refractivity contribution in [3.63, 3.8) is 0 Å². The fraction of sp³-hybridized carbons (Fsp3) is 0.250. The molecule has 0 aromatic carbocycles. The Bertz CT molecular complexity index is 609. The molecule has 0 aliphatic rings. The summed E-state index contributed by atoms with van der Waals surface area (Å²) in [4.78, 5) is 21.2. The summed E-state index contributed by atoms with van der Waals surface area (Å²) >= 11 is 4.76. The number of carbonyl (C=O) groups is 1. The van der Waals surface area contributed by atoms with Crippen LogP contribution in [0.4, 0.5) is 5.82 Å². The first-order valence-electron chi connectivity index (χ1n) is 5.36. The van der Waals surface area contributed by atoms with Crippen molar-refractivity contribution in [2.75, 3.05) is 5.32 Å². The van der Waals surface area contributed by atoms with Gasteiger partial charge in [-0.25, -0.2) is 9.97 Å². The topological polar surface area (TPSA) is 54.9 Å². The van der Waals surface area contributed by atoms with Crippen LogP contribution >= 0.6 is 27.3 Å². The summed E-state index contributed by atoms with van der Waals surface area (Å²) < 4.78 is 0.922. The Balaban J connectivity index is 2.21. The number of hydrogen-bond acceptors (Lipinski definition) is 4. The van der Waals surface area contributed by atoms with Crippen LogP contribution in [-0.2, 0) is 0 Å². The summed E-state index contributed by atoms with van der Waals surface area (Å²) in [5.74, 6) is 0.387. The number of amides is 1. The molecule has 2 rings (SSSR count). The lowest BCUT2D eigenvalue weighted by Crippen LogP contribution is -2.13. The molecular formula is C12H12BrN3OS. The molecule has 6 heteroatoms. The predicted octanol–water partition coefficient (Wildman–Crippen LogP) is 3.48. The van der Waals surface area contributed by atoms with Crippen molar-refractivity contribution in [2.45, 2.75) is 20.8 Å². The fourth-order valence-corrected chi connectivity index (χ4v) is 2.56. The third kappa shape index (κ3) is 2.76. The van der Waals surface area contributed by atoms with Gasteiger partial charge in [0.25, 0.3) is 5.91 Å². The average Bonchev–Trinajstić information content (AvgIpc) is 2.63. The SMILES string of the molecule is Cc1nc(C)c(C(=O)Nc2ccc(Br)c(C)n2)s1. The van der Waals surface area contributed by atoms with Gasteiger partial charge in [-0.05, 0) is 48.8 Å². The van der Waals surface area contributed by atoms with E-state index in [1.54, 1.807) is 6.07 Å². The quantitative estimate of drug-likeness (QED) is 0.919. The lowest BCUT2D eigenvalue weighted by atomic mass is 10.3. The minimum atomic E-state index is -0.160. The molecule has 2 aromatic rings. The number of hydrogen-bond donors (Lipinski definition) is 1. The van der Waals surface area contributed by atoms with Gasteiger partial charge in [-0.3, -0.25) is 4.79 Å². The number of aryl methyl sites for hydroxylation is 3. The molecule has 18 heavy (non-hydrogen) atoms. The van der Waals surface area contributed by atoms with E-state index in [-0.39, 0.29) is 5.91 Å². The van der Waals surface area contributed by atoms with Crippen LogP contribution in [0.25, 0.3) is 0 Å². The number of nitrogens with one attached hydrogen (secondary N) is 1. The van der Waals surface area contributed by atoms with Crippen LogP contribution in [0.3, 0.4) is 0 Å². The average molecular weight is 326 g/mol. The third-order valence-electron chi connectivity index (χ3n) is 2.37. The minimum absolute atomic E-state index is 0.160. The normalized spacial score (nSPS) is 10.4. The monoisotopic (exact) mass is 325 g/mol. The van der Waals surface area contributed by atoms with Crippen molar-refractivity contribution >= 4 is 39.0 Å². The molecule has 0 bridgehead atoms. The van der Waals surface area contributed by atoms with E-state index in [9.17, 15) is 4.79 Å². The van der Waals surface area contributed by atoms with E-state index in [2.05, 4.69) is 31.2 Å². The van der Waals surface area contributed by atoms with Gasteiger partial charge in [0.1, 0.15) is 10.7 Å². The number of pyridine rings is 1. The lowest BCUT2D eigenvalue weighted by Gasteiger charge is -2.05. The number of thiazole rings is 1. The molecule has 4 nitrogen and oxygen atoms in total. The summed E-state index contributed by atoms with van der Waals surface area (Å²) in [6.07, 6.45) is 0. The highest BCUT2D eigenvalue weighted by molar-refractivity contribution is 9.10. The summed E-state index contributed by atoms with van der Waals surface area (Å²) in [6.45, 7) is 5.59. The zero-order valence-electron chi connectivity index (χ0n) is 10.2. The molecule has 0 spiro atoms. The Labute approximate surface area is 118 Å². The van der Waals surface area contributed by atoms with E-state index in [1.165, 1.54) is 11.3 Å². The lowest BCUT2D eigenvalue weighted by molar-refractivity contribution is 0.102. The Morgan fingerprint density at radius 3 is 2.50 bits per heavy atom. The van der Waals surface area contributed by atoms with E-state index < -0.39 is 0 Å². The van der Waals surface area contributed by atoms with Crippen LogP contribution in [0.1, 0.15) is 26.1 Å². The molecule has 0 aliphatic carbocycles. The van der Waals surface area contributed by atoms with E-state index in [0.29, 0.717) is 10.7 Å². The number of aromatic nitrogens is 2. The highest BCUT2D eigenvalue weighted by Crippen LogP contribution is 2.20. The van der Waals surface area contributed by atoms with Crippen LogP contribution in [0.5, 0.6) is 0 Å². The van der Waals surface area contributed by atoms with Gasteiger partial charge in [0.05, 0.1) is 16.4 Å². The van der Waals surface area contributed by atoms with Gasteiger partial charge in [-0.2, -0.15) is 0 Å². The Morgan fingerprint density at radius 1 is 1.22 bits per heavy atom. The first-order chi connectivity index (χ1) is 8.47. The second-order valence-electron chi connectivity index (χ2n) is 3.87. The zero-order chi connectivity index (χ0) is 13.3. The maximum absolute atomic E-state index is 12.1. The van der Waals surface area contributed by atoms with Gasteiger partial charge in [0.2, 0.25) is 0 Å². The molecule has 0 unspecified atom stereocenters. The van der Waals surface area contributed by atoms with Gasteiger partial charge < -0.3 is 5.32 Å². The highest BCUT2D eigenvalue weighted by atomic mass is 79.9. The minimum Gasteiger partial charge on any atom is -0.306 e. The fourth-order valence-electron chi connectivity index (χ4n) is 1.53. The van der Waals surface area contributed by atoms with Crippen molar-refractivity contribution < 1.29 is 4.79 Å². The summed E-state index contributed by atoms with van der Waals surface area (Å²) in [6, 6.07) is 3.63. The zero-order valence-corrected chi connectivity index (χ0v) is 12.6. The van der Waals surface area contributed by atoms with E-state index in [4.69, 9.17) is 0 Å². The maximum atomic E-state index is 12.1. The summed E-state index contributed by atoms with van der Waals surface area (Å²) in [5, 5.41) is 3.67. The Kier molecular flexibility index (Phi) is 3.77. The largest absolute Gasteiger partial charge is 0.306 e. The molecular weight excluding hydrogens is 314 g/mol. The van der Waals surface area contributed by atoms with Gasteiger partial charge in [-0.1, -0.05) is 0 Å². The number of nitrogens with zero attached hydrogens (tertiary/aromatic N) is 2. The highest BCUT2D eigenvalue weighted by Gasteiger charge is 2.14. The third-order valence-corrected chi connectivity index (χ3v) is 4.28. The van der Waals surface area contributed by atoms with Gasteiger partial charge in [-0.15, -0.1) is 11.3 Å². The molecule has 0 saturated carbocycles. The second kappa shape index (κ2) is 5.16. The van der Waals surface area contributed by atoms with Crippen LogP contribution < -0.4 is 5.32 Å². The molecule has 94 valence electrons. The van der Waals surface area contributed by atoms with Gasteiger partial charge >= 0.3 is 0 Å². The number of anilines is 1. The van der Waals surface area contributed by atoms with Crippen LogP contribution in [0.15, 0.2) is 16.6 Å². The summed E-state index contributed by atoms with van der Waals surface area (Å²) in [7, 11) is 0. The maximum Gasteiger partial charge on any atom is 0.268 e. The molecule has 0 fully saturated rings. The van der Waals surface area contributed by atoms with Crippen molar-refractivity contribution in [3.8, 4) is 0 Å². The van der Waals surface area contributed by atoms with Crippen LogP contribution in [-0.4, -0.2) is 15.9 Å². The molecule has 1 amide bonds. The van der Waals surface area contributed by atoms with E-state index in [0.717, 1.165) is 20.9 Å². The summed E-state index contributed by atoms with van der Waals surface area (Å²) in [5.41, 5.74) is 1.59. The number of rotatable bonds is 2. The molecule has 0 atom stereocenters. The molecule has 1 N–H and O–H groups in total. The molecule has 2 heterocycles. The number of carbonyl (C=O) groups excluding carboxylic acids is 1. The molecule has 2 aromatic heterocycles. The van der Waals surface area contributed by atoms with E-state index >= 15 is 0 Å². The van der Waals surface area contributed by atoms with E-state index in [1.807, 2.05) is 26.8 Å². The van der Waals surface area contributed by atoms with Crippen molar-refractivity contribution in [2.24, 2.45) is 0 Å². The van der Waals surface area contributed by atoms with Gasteiger partial charge in [0.15, 0.2) is 0 Å². The molecule has 0 aliphatic heterocycles. The first kappa shape index (κ1) is 13.2. The Hall–Kier alpha value is -1.27. The van der Waals surface area contributed by atoms with Crippen molar-refractivity contribution in [1.29, 1.82) is 0 Å². The predicted molar refractivity (Wildman–Crippen MR) is 76.2 cm³/mol.